The van der Waals surface area contributed by atoms with Crippen LogP contribution in [0, 0.1) is 6.92 Å². The highest BCUT2D eigenvalue weighted by atomic mass is 16.3. The monoisotopic (exact) mass is 282 g/mol. The fourth-order valence-electron chi connectivity index (χ4n) is 2.23. The molecule has 0 saturated heterocycles. The van der Waals surface area contributed by atoms with E-state index < -0.39 is 0 Å². The SMILES string of the molecule is Cc1ccc(-c2[nH]ncc2CNCCc2ccncc2)o1. The van der Waals surface area contributed by atoms with Crippen LogP contribution in [0.25, 0.3) is 11.5 Å². The number of nitrogens with zero attached hydrogens (tertiary/aromatic N) is 2. The number of hydrogen-bond donors (Lipinski definition) is 2. The molecule has 0 fully saturated rings. The van der Waals surface area contributed by atoms with Crippen LogP contribution < -0.4 is 5.32 Å². The van der Waals surface area contributed by atoms with Gasteiger partial charge in [0, 0.05) is 24.5 Å². The van der Waals surface area contributed by atoms with Crippen LogP contribution in [0.1, 0.15) is 16.9 Å². The Kier molecular flexibility index (Phi) is 4.12. The first kappa shape index (κ1) is 13.6. The maximum absolute atomic E-state index is 5.64. The largest absolute Gasteiger partial charge is 0.460 e. The number of aromatic nitrogens is 3. The van der Waals surface area contributed by atoms with Gasteiger partial charge in [0.15, 0.2) is 5.76 Å². The van der Waals surface area contributed by atoms with Gasteiger partial charge in [0.1, 0.15) is 11.5 Å². The predicted octanol–water partition coefficient (Wildman–Crippen LogP) is 2.71. The molecule has 0 bridgehead atoms. The van der Waals surface area contributed by atoms with Crippen molar-refractivity contribution in [2.45, 2.75) is 19.9 Å². The van der Waals surface area contributed by atoms with Crippen LogP contribution in [0.4, 0.5) is 0 Å². The summed E-state index contributed by atoms with van der Waals surface area (Å²) in [5, 5.41) is 10.5. The summed E-state index contributed by atoms with van der Waals surface area (Å²) >= 11 is 0. The minimum atomic E-state index is 0.761. The van der Waals surface area contributed by atoms with E-state index in [4.69, 9.17) is 4.42 Å². The third kappa shape index (κ3) is 3.38. The number of aromatic amines is 1. The highest BCUT2D eigenvalue weighted by Crippen LogP contribution is 2.23. The van der Waals surface area contributed by atoms with Crippen molar-refractivity contribution in [3.8, 4) is 11.5 Å². The van der Waals surface area contributed by atoms with Gasteiger partial charge in [0.25, 0.3) is 0 Å². The molecule has 0 aromatic carbocycles. The molecular formula is C16H18N4O. The molecule has 21 heavy (non-hydrogen) atoms. The van der Waals surface area contributed by atoms with E-state index in [2.05, 4.69) is 20.5 Å². The van der Waals surface area contributed by atoms with Gasteiger partial charge in [0.05, 0.1) is 6.20 Å². The number of furan rings is 1. The van der Waals surface area contributed by atoms with E-state index >= 15 is 0 Å². The summed E-state index contributed by atoms with van der Waals surface area (Å²) in [5.74, 6) is 1.73. The molecule has 0 radical (unpaired) electrons. The summed E-state index contributed by atoms with van der Waals surface area (Å²) in [6.45, 7) is 3.61. The van der Waals surface area contributed by atoms with Crippen LogP contribution >= 0.6 is 0 Å². The molecule has 0 saturated carbocycles. The lowest BCUT2D eigenvalue weighted by Crippen LogP contribution is -2.16. The van der Waals surface area contributed by atoms with Crippen molar-refractivity contribution in [1.29, 1.82) is 0 Å². The highest BCUT2D eigenvalue weighted by molar-refractivity contribution is 5.56. The molecule has 0 aliphatic rings. The number of H-pyrrole nitrogens is 1. The molecule has 3 aromatic rings. The van der Waals surface area contributed by atoms with Crippen molar-refractivity contribution in [1.82, 2.24) is 20.5 Å². The average molecular weight is 282 g/mol. The average Bonchev–Trinajstić information content (AvgIpc) is 3.13. The predicted molar refractivity (Wildman–Crippen MR) is 80.7 cm³/mol. The first-order valence-electron chi connectivity index (χ1n) is 7.01. The Hall–Kier alpha value is -2.40. The molecule has 0 atom stereocenters. The Morgan fingerprint density at radius 2 is 2.05 bits per heavy atom. The smallest absolute Gasteiger partial charge is 0.152 e. The van der Waals surface area contributed by atoms with E-state index in [0.717, 1.165) is 42.3 Å². The Morgan fingerprint density at radius 1 is 1.19 bits per heavy atom. The van der Waals surface area contributed by atoms with Gasteiger partial charge >= 0.3 is 0 Å². The van der Waals surface area contributed by atoms with E-state index in [-0.39, 0.29) is 0 Å². The second kappa shape index (κ2) is 6.37. The maximum atomic E-state index is 5.64. The van der Waals surface area contributed by atoms with E-state index in [0.29, 0.717) is 0 Å². The summed E-state index contributed by atoms with van der Waals surface area (Å²) in [7, 11) is 0. The number of rotatable bonds is 6. The van der Waals surface area contributed by atoms with Gasteiger partial charge in [-0.1, -0.05) is 0 Å². The number of nitrogens with one attached hydrogen (secondary N) is 2. The van der Waals surface area contributed by atoms with E-state index in [9.17, 15) is 0 Å². The molecule has 3 aromatic heterocycles. The minimum Gasteiger partial charge on any atom is -0.460 e. The van der Waals surface area contributed by atoms with Gasteiger partial charge < -0.3 is 9.73 Å². The second-order valence-corrected chi connectivity index (χ2v) is 4.96. The Bertz CT molecular complexity index is 687. The zero-order valence-electron chi connectivity index (χ0n) is 12.0. The van der Waals surface area contributed by atoms with Crippen LogP contribution in [-0.2, 0) is 13.0 Å². The Morgan fingerprint density at radius 3 is 2.81 bits per heavy atom. The van der Waals surface area contributed by atoms with Crippen molar-refractivity contribution in [3.63, 3.8) is 0 Å². The topological polar surface area (TPSA) is 66.7 Å². The number of hydrogen-bond acceptors (Lipinski definition) is 4. The third-order valence-electron chi connectivity index (χ3n) is 3.36. The summed E-state index contributed by atoms with van der Waals surface area (Å²) in [6.07, 6.45) is 6.47. The van der Waals surface area contributed by atoms with Gasteiger partial charge in [-0.05, 0) is 49.7 Å². The number of pyridine rings is 1. The normalized spacial score (nSPS) is 10.9. The van der Waals surface area contributed by atoms with Crippen LogP contribution in [-0.4, -0.2) is 21.7 Å². The van der Waals surface area contributed by atoms with Gasteiger partial charge in [-0.25, -0.2) is 0 Å². The fourth-order valence-corrected chi connectivity index (χ4v) is 2.23. The van der Waals surface area contributed by atoms with E-state index in [1.54, 1.807) is 0 Å². The molecular weight excluding hydrogens is 264 g/mol. The molecule has 0 unspecified atom stereocenters. The first-order chi connectivity index (χ1) is 10.3. The van der Waals surface area contributed by atoms with E-state index in [1.165, 1.54) is 5.56 Å². The van der Waals surface area contributed by atoms with Crippen LogP contribution in [0.3, 0.4) is 0 Å². The van der Waals surface area contributed by atoms with Gasteiger partial charge in [-0.2, -0.15) is 5.10 Å². The van der Waals surface area contributed by atoms with Gasteiger partial charge in [0.2, 0.25) is 0 Å². The van der Waals surface area contributed by atoms with Gasteiger partial charge in [-0.15, -0.1) is 0 Å². The maximum Gasteiger partial charge on any atom is 0.152 e. The summed E-state index contributed by atoms with van der Waals surface area (Å²) in [4.78, 5) is 4.02. The molecule has 0 aliphatic heterocycles. The Balaban J connectivity index is 1.56. The summed E-state index contributed by atoms with van der Waals surface area (Å²) < 4.78 is 5.64. The lowest BCUT2D eigenvalue weighted by molar-refractivity contribution is 0.545. The highest BCUT2D eigenvalue weighted by Gasteiger charge is 2.10. The molecule has 0 aliphatic carbocycles. The van der Waals surface area contributed by atoms with Crippen molar-refractivity contribution in [2.24, 2.45) is 0 Å². The van der Waals surface area contributed by atoms with Crippen LogP contribution in [0.15, 0.2) is 47.3 Å². The Labute approximate surface area is 123 Å². The first-order valence-corrected chi connectivity index (χ1v) is 7.01. The molecule has 3 rings (SSSR count). The lowest BCUT2D eigenvalue weighted by Gasteiger charge is -2.04. The molecule has 108 valence electrons. The quantitative estimate of drug-likeness (QED) is 0.682. The number of aryl methyl sites for hydroxylation is 1. The van der Waals surface area contributed by atoms with Crippen LogP contribution in [0.5, 0.6) is 0 Å². The van der Waals surface area contributed by atoms with E-state index in [1.807, 2.05) is 49.8 Å². The van der Waals surface area contributed by atoms with Crippen molar-refractivity contribution >= 4 is 0 Å². The van der Waals surface area contributed by atoms with Crippen molar-refractivity contribution in [3.05, 3.63) is 59.7 Å². The zero-order chi connectivity index (χ0) is 14.5. The molecule has 2 N–H and O–H groups in total. The lowest BCUT2D eigenvalue weighted by atomic mass is 10.2. The third-order valence-corrected chi connectivity index (χ3v) is 3.36. The zero-order valence-corrected chi connectivity index (χ0v) is 12.0. The molecule has 0 amide bonds. The minimum absolute atomic E-state index is 0.761. The molecule has 5 heteroatoms. The molecule has 5 nitrogen and oxygen atoms in total. The van der Waals surface area contributed by atoms with Crippen LogP contribution in [0.2, 0.25) is 0 Å². The molecule has 3 heterocycles. The summed E-state index contributed by atoms with van der Waals surface area (Å²) in [6, 6.07) is 7.99. The van der Waals surface area contributed by atoms with Gasteiger partial charge in [-0.3, -0.25) is 10.1 Å². The second-order valence-electron chi connectivity index (χ2n) is 4.96. The van der Waals surface area contributed by atoms with Crippen molar-refractivity contribution in [2.75, 3.05) is 6.54 Å². The molecule has 0 spiro atoms. The standard InChI is InChI=1S/C16H18N4O/c1-12-2-3-15(21-12)16-14(11-19-20-16)10-18-9-6-13-4-7-17-8-5-13/h2-5,7-8,11,18H,6,9-10H2,1H3,(H,19,20). The van der Waals surface area contributed by atoms with Crippen molar-refractivity contribution < 1.29 is 4.42 Å². The fraction of sp³-hybridized carbons (Fsp3) is 0.250. The summed E-state index contributed by atoms with van der Waals surface area (Å²) in [5.41, 5.74) is 3.34.